The van der Waals surface area contributed by atoms with Crippen molar-refractivity contribution in [1.82, 2.24) is 9.88 Å². The summed E-state index contributed by atoms with van der Waals surface area (Å²) in [5, 5.41) is 3.02. The van der Waals surface area contributed by atoms with Gasteiger partial charge in [-0.3, -0.25) is 0 Å². The predicted molar refractivity (Wildman–Crippen MR) is 49.5 cm³/mol. The molecule has 0 unspecified atom stereocenters. The first-order valence-electron chi connectivity index (χ1n) is 4.08. The fraction of sp³-hybridized carbons (Fsp3) is 0.444. The van der Waals surface area contributed by atoms with Gasteiger partial charge in [-0.1, -0.05) is 0 Å². The van der Waals surface area contributed by atoms with Crippen LogP contribution in [0.25, 0.3) is 0 Å². The minimum atomic E-state index is -0.301. The van der Waals surface area contributed by atoms with Crippen LogP contribution < -0.4 is 5.32 Å². The molecule has 4 heteroatoms. The Morgan fingerprint density at radius 2 is 2.31 bits per heavy atom. The lowest BCUT2D eigenvalue weighted by molar-refractivity contribution is 0.0589. The Balaban J connectivity index is 2.92. The Hall–Kier alpha value is -1.29. The summed E-state index contributed by atoms with van der Waals surface area (Å²) >= 11 is 0. The van der Waals surface area contributed by atoms with Crippen LogP contribution in [0.2, 0.25) is 0 Å². The van der Waals surface area contributed by atoms with Crippen molar-refractivity contribution in [2.75, 3.05) is 14.2 Å². The third-order valence-corrected chi connectivity index (χ3v) is 1.98. The first-order valence-corrected chi connectivity index (χ1v) is 4.08. The van der Waals surface area contributed by atoms with E-state index in [2.05, 4.69) is 10.1 Å². The normalized spacial score (nSPS) is 10.1. The number of methoxy groups -OCH3 is 1. The van der Waals surface area contributed by atoms with E-state index in [4.69, 9.17) is 0 Å². The molecule has 0 radical (unpaired) electrons. The molecule has 0 amide bonds. The van der Waals surface area contributed by atoms with Crippen LogP contribution in [0.5, 0.6) is 0 Å². The maximum Gasteiger partial charge on any atom is 0.354 e. The predicted octanol–water partition coefficient (Wildman–Crippen LogP) is 0.531. The van der Waals surface area contributed by atoms with Gasteiger partial charge in [0.05, 0.1) is 7.11 Å². The topological polar surface area (TPSA) is 43.3 Å². The number of carbonyl (C=O) groups is 1. The lowest BCUT2D eigenvalue weighted by Crippen LogP contribution is -2.13. The monoisotopic (exact) mass is 182 g/mol. The molecular formula is C9H14N2O2. The number of rotatable bonds is 3. The molecule has 0 spiro atoms. The van der Waals surface area contributed by atoms with E-state index in [0.717, 1.165) is 12.2 Å². The number of carbonyl (C=O) groups excluding carboxylic acids is 1. The number of ether oxygens (including phenoxy) is 1. The summed E-state index contributed by atoms with van der Waals surface area (Å²) in [5.74, 6) is -0.301. The van der Waals surface area contributed by atoms with Gasteiger partial charge in [0, 0.05) is 19.3 Å². The fourth-order valence-electron chi connectivity index (χ4n) is 1.22. The molecule has 4 nitrogen and oxygen atoms in total. The van der Waals surface area contributed by atoms with Crippen LogP contribution >= 0.6 is 0 Å². The second kappa shape index (κ2) is 4.09. The van der Waals surface area contributed by atoms with Gasteiger partial charge in [0.2, 0.25) is 0 Å². The highest BCUT2D eigenvalue weighted by molar-refractivity contribution is 5.87. The Morgan fingerprint density at radius 1 is 1.62 bits per heavy atom. The van der Waals surface area contributed by atoms with Crippen LogP contribution in [0.3, 0.4) is 0 Å². The molecule has 0 bridgehead atoms. The van der Waals surface area contributed by atoms with E-state index >= 15 is 0 Å². The highest BCUT2D eigenvalue weighted by atomic mass is 16.5. The molecule has 0 aromatic carbocycles. The fourth-order valence-corrected chi connectivity index (χ4v) is 1.22. The average molecular weight is 182 g/mol. The molecule has 0 atom stereocenters. The molecule has 0 saturated heterocycles. The highest BCUT2D eigenvalue weighted by Crippen LogP contribution is 2.07. The van der Waals surface area contributed by atoms with E-state index < -0.39 is 0 Å². The van der Waals surface area contributed by atoms with E-state index in [0.29, 0.717) is 5.69 Å². The molecule has 1 N–H and O–H groups in total. The number of nitrogens with zero attached hydrogens (tertiary/aromatic N) is 1. The second-order valence-electron chi connectivity index (χ2n) is 2.79. The molecule has 0 aliphatic carbocycles. The average Bonchev–Trinajstić information content (AvgIpc) is 2.48. The quantitative estimate of drug-likeness (QED) is 0.693. The summed E-state index contributed by atoms with van der Waals surface area (Å²) in [5.41, 5.74) is 1.63. The van der Waals surface area contributed by atoms with E-state index in [9.17, 15) is 4.79 Å². The third-order valence-electron chi connectivity index (χ3n) is 1.98. The van der Waals surface area contributed by atoms with Gasteiger partial charge in [-0.05, 0) is 19.2 Å². The van der Waals surface area contributed by atoms with Crippen LogP contribution in [-0.4, -0.2) is 24.7 Å². The molecule has 13 heavy (non-hydrogen) atoms. The highest BCUT2D eigenvalue weighted by Gasteiger charge is 2.11. The molecule has 0 aliphatic heterocycles. The van der Waals surface area contributed by atoms with Crippen molar-refractivity contribution in [1.29, 1.82) is 0 Å². The Morgan fingerprint density at radius 3 is 2.85 bits per heavy atom. The van der Waals surface area contributed by atoms with Crippen molar-refractivity contribution in [3.05, 3.63) is 23.5 Å². The van der Waals surface area contributed by atoms with Gasteiger partial charge in [0.1, 0.15) is 5.69 Å². The van der Waals surface area contributed by atoms with Gasteiger partial charge in [0.25, 0.3) is 0 Å². The number of aromatic nitrogens is 1. The van der Waals surface area contributed by atoms with Crippen molar-refractivity contribution in [3.8, 4) is 0 Å². The molecule has 1 aromatic rings. The van der Waals surface area contributed by atoms with Crippen LogP contribution in [-0.2, 0) is 18.3 Å². The number of nitrogens with one attached hydrogen (secondary N) is 1. The molecule has 0 saturated carbocycles. The van der Waals surface area contributed by atoms with Crippen molar-refractivity contribution in [2.45, 2.75) is 6.54 Å². The van der Waals surface area contributed by atoms with Crippen molar-refractivity contribution in [2.24, 2.45) is 7.05 Å². The Kier molecular flexibility index (Phi) is 3.08. The van der Waals surface area contributed by atoms with Crippen LogP contribution in [0.4, 0.5) is 0 Å². The number of hydrogen-bond donors (Lipinski definition) is 1. The second-order valence-corrected chi connectivity index (χ2v) is 2.79. The van der Waals surface area contributed by atoms with Gasteiger partial charge in [0.15, 0.2) is 0 Å². The lowest BCUT2D eigenvalue weighted by atomic mass is 10.4. The lowest BCUT2D eigenvalue weighted by Gasteiger charge is -2.05. The summed E-state index contributed by atoms with van der Waals surface area (Å²) in [4.78, 5) is 11.2. The van der Waals surface area contributed by atoms with E-state index in [-0.39, 0.29) is 5.97 Å². The number of esters is 1. The molecular weight excluding hydrogens is 168 g/mol. The first-order chi connectivity index (χ1) is 6.20. The smallest absolute Gasteiger partial charge is 0.354 e. The largest absolute Gasteiger partial charge is 0.464 e. The molecule has 72 valence electrons. The summed E-state index contributed by atoms with van der Waals surface area (Å²) in [7, 11) is 5.09. The zero-order valence-electron chi connectivity index (χ0n) is 8.13. The SMILES string of the molecule is CNCc1ccc(C(=O)OC)n1C. The minimum Gasteiger partial charge on any atom is -0.464 e. The van der Waals surface area contributed by atoms with Gasteiger partial charge in [-0.2, -0.15) is 0 Å². The van der Waals surface area contributed by atoms with Crippen molar-refractivity contribution < 1.29 is 9.53 Å². The molecule has 0 fully saturated rings. The molecule has 1 aromatic heterocycles. The van der Waals surface area contributed by atoms with Crippen LogP contribution in [0.15, 0.2) is 12.1 Å². The maximum atomic E-state index is 11.2. The summed E-state index contributed by atoms with van der Waals surface area (Å²) in [6, 6.07) is 3.67. The Bertz CT molecular complexity index is 305. The van der Waals surface area contributed by atoms with Gasteiger partial charge < -0.3 is 14.6 Å². The Labute approximate surface area is 77.5 Å². The standard InChI is InChI=1S/C9H14N2O2/c1-10-6-7-4-5-8(11(7)2)9(12)13-3/h4-5,10H,6H2,1-3H3. The zero-order valence-corrected chi connectivity index (χ0v) is 8.13. The van der Waals surface area contributed by atoms with Crippen LogP contribution in [0.1, 0.15) is 16.2 Å². The minimum absolute atomic E-state index is 0.301. The molecule has 0 aliphatic rings. The zero-order chi connectivity index (χ0) is 9.84. The van der Waals surface area contributed by atoms with Gasteiger partial charge >= 0.3 is 5.97 Å². The van der Waals surface area contributed by atoms with Gasteiger partial charge in [-0.25, -0.2) is 4.79 Å². The first kappa shape index (κ1) is 9.80. The van der Waals surface area contributed by atoms with Crippen LogP contribution in [0, 0.1) is 0 Å². The molecule has 1 rings (SSSR count). The summed E-state index contributed by atoms with van der Waals surface area (Å²) < 4.78 is 6.45. The van der Waals surface area contributed by atoms with E-state index in [1.807, 2.05) is 24.7 Å². The van der Waals surface area contributed by atoms with E-state index in [1.165, 1.54) is 7.11 Å². The van der Waals surface area contributed by atoms with Gasteiger partial charge in [-0.15, -0.1) is 0 Å². The maximum absolute atomic E-state index is 11.2. The van der Waals surface area contributed by atoms with Crippen molar-refractivity contribution >= 4 is 5.97 Å². The molecule has 1 heterocycles. The van der Waals surface area contributed by atoms with E-state index in [1.54, 1.807) is 6.07 Å². The number of hydrogen-bond acceptors (Lipinski definition) is 3. The summed E-state index contributed by atoms with van der Waals surface area (Å²) in [6.45, 7) is 0.744. The summed E-state index contributed by atoms with van der Waals surface area (Å²) in [6.07, 6.45) is 0. The van der Waals surface area contributed by atoms with Crippen molar-refractivity contribution in [3.63, 3.8) is 0 Å². The third kappa shape index (κ3) is 1.89.